The smallest absolute Gasteiger partial charge is 0.223 e. The molecule has 1 fully saturated rings. The molecule has 0 bridgehead atoms. The second kappa shape index (κ2) is 6.36. The van der Waals surface area contributed by atoms with Gasteiger partial charge in [0.1, 0.15) is 11.5 Å². The van der Waals surface area contributed by atoms with Crippen molar-refractivity contribution in [2.45, 2.75) is 38.0 Å². The summed E-state index contributed by atoms with van der Waals surface area (Å²) in [5, 5.41) is 0. The number of aromatic nitrogens is 4. The Bertz CT molecular complexity index is 656. The van der Waals surface area contributed by atoms with Crippen molar-refractivity contribution in [3.05, 3.63) is 27.0 Å². The average Bonchev–Trinajstić information content (AvgIpc) is 2.47. The highest BCUT2D eigenvalue weighted by molar-refractivity contribution is 9.11. The standard InChI is InChI=1S/C14H15Br2N5/c15-9-6-10(16)11(18-7-9)13-19-12(20-14(17)21-13)8-4-2-1-3-5-8/h6-8H,1-5H2,(H2,17,19,20,21). The molecule has 0 saturated heterocycles. The Morgan fingerprint density at radius 1 is 1.05 bits per heavy atom. The van der Waals surface area contributed by atoms with Crippen LogP contribution in [0, 0.1) is 0 Å². The molecule has 21 heavy (non-hydrogen) atoms. The number of rotatable bonds is 2. The summed E-state index contributed by atoms with van der Waals surface area (Å²) in [6.07, 6.45) is 7.72. The van der Waals surface area contributed by atoms with Crippen LogP contribution in [0.1, 0.15) is 43.8 Å². The van der Waals surface area contributed by atoms with E-state index in [1.54, 1.807) is 6.20 Å². The lowest BCUT2D eigenvalue weighted by Crippen LogP contribution is -2.12. The van der Waals surface area contributed by atoms with Crippen LogP contribution >= 0.6 is 31.9 Å². The Hall–Kier alpha value is -1.08. The van der Waals surface area contributed by atoms with Crippen molar-refractivity contribution in [3.63, 3.8) is 0 Å². The number of nitrogen functional groups attached to an aromatic ring is 1. The van der Waals surface area contributed by atoms with Gasteiger partial charge >= 0.3 is 0 Å². The van der Waals surface area contributed by atoms with Crippen LogP contribution in [0.2, 0.25) is 0 Å². The third-order valence-corrected chi connectivity index (χ3v) is 4.70. The van der Waals surface area contributed by atoms with Gasteiger partial charge in [0, 0.05) is 21.1 Å². The van der Waals surface area contributed by atoms with Gasteiger partial charge in [-0.1, -0.05) is 19.3 Å². The molecule has 0 spiro atoms. The predicted octanol–water partition coefficient (Wildman–Crippen LogP) is 4.09. The number of nitrogens with zero attached hydrogens (tertiary/aromatic N) is 4. The van der Waals surface area contributed by atoms with E-state index in [0.717, 1.165) is 27.6 Å². The number of nitrogens with two attached hydrogens (primary N) is 1. The largest absolute Gasteiger partial charge is 0.368 e. The molecule has 1 aliphatic carbocycles. The lowest BCUT2D eigenvalue weighted by Gasteiger charge is -2.20. The molecular formula is C14H15Br2N5. The molecule has 0 aliphatic heterocycles. The van der Waals surface area contributed by atoms with E-state index in [2.05, 4.69) is 51.8 Å². The second-order valence-corrected chi connectivity index (χ2v) is 6.96. The van der Waals surface area contributed by atoms with Gasteiger partial charge in [-0.25, -0.2) is 4.98 Å². The van der Waals surface area contributed by atoms with Gasteiger partial charge in [-0.15, -0.1) is 0 Å². The number of anilines is 1. The van der Waals surface area contributed by atoms with E-state index in [4.69, 9.17) is 5.73 Å². The van der Waals surface area contributed by atoms with Gasteiger partial charge < -0.3 is 5.73 Å². The molecule has 1 aliphatic rings. The van der Waals surface area contributed by atoms with Crippen molar-refractivity contribution < 1.29 is 0 Å². The zero-order valence-electron chi connectivity index (χ0n) is 11.4. The van der Waals surface area contributed by atoms with Crippen LogP contribution in [0.4, 0.5) is 5.95 Å². The molecule has 0 radical (unpaired) electrons. The zero-order valence-corrected chi connectivity index (χ0v) is 14.6. The van der Waals surface area contributed by atoms with Crippen LogP contribution in [0.3, 0.4) is 0 Å². The molecule has 2 aromatic rings. The summed E-state index contributed by atoms with van der Waals surface area (Å²) in [6.45, 7) is 0. The lowest BCUT2D eigenvalue weighted by molar-refractivity contribution is 0.428. The first-order chi connectivity index (χ1) is 10.1. The van der Waals surface area contributed by atoms with Gasteiger partial charge in [-0.05, 0) is 50.8 Å². The molecule has 7 heteroatoms. The van der Waals surface area contributed by atoms with Gasteiger partial charge in [0.15, 0.2) is 5.82 Å². The van der Waals surface area contributed by atoms with Gasteiger partial charge in [-0.2, -0.15) is 9.97 Å². The fraction of sp³-hybridized carbons (Fsp3) is 0.429. The molecule has 3 rings (SSSR count). The SMILES string of the molecule is Nc1nc(-c2ncc(Br)cc2Br)nc(C2CCCCC2)n1. The minimum Gasteiger partial charge on any atom is -0.368 e. The Morgan fingerprint density at radius 3 is 2.52 bits per heavy atom. The quantitative estimate of drug-likeness (QED) is 0.803. The van der Waals surface area contributed by atoms with E-state index in [-0.39, 0.29) is 5.95 Å². The predicted molar refractivity (Wildman–Crippen MR) is 88.7 cm³/mol. The Labute approximate surface area is 140 Å². The summed E-state index contributed by atoms with van der Waals surface area (Å²) in [4.78, 5) is 17.6. The first-order valence-electron chi connectivity index (χ1n) is 6.96. The maximum absolute atomic E-state index is 5.87. The fourth-order valence-electron chi connectivity index (χ4n) is 2.64. The molecule has 0 unspecified atom stereocenters. The van der Waals surface area contributed by atoms with Crippen LogP contribution in [0.5, 0.6) is 0 Å². The van der Waals surface area contributed by atoms with Crippen LogP contribution in [-0.4, -0.2) is 19.9 Å². The number of pyridine rings is 1. The van der Waals surface area contributed by atoms with E-state index < -0.39 is 0 Å². The van der Waals surface area contributed by atoms with Crippen molar-refractivity contribution in [2.24, 2.45) is 0 Å². The second-order valence-electron chi connectivity index (χ2n) is 5.19. The van der Waals surface area contributed by atoms with Crippen LogP contribution in [0.15, 0.2) is 21.2 Å². The molecule has 1 saturated carbocycles. The minimum atomic E-state index is 0.261. The summed E-state index contributed by atoms with van der Waals surface area (Å²) in [5.41, 5.74) is 6.55. The van der Waals surface area contributed by atoms with Gasteiger partial charge in [0.2, 0.25) is 5.95 Å². The molecule has 110 valence electrons. The number of halogens is 2. The molecule has 0 aromatic carbocycles. The van der Waals surface area contributed by atoms with E-state index in [0.29, 0.717) is 17.4 Å². The van der Waals surface area contributed by atoms with Crippen molar-refractivity contribution in [3.8, 4) is 11.5 Å². The third-order valence-electron chi connectivity index (χ3n) is 3.66. The van der Waals surface area contributed by atoms with Crippen LogP contribution in [-0.2, 0) is 0 Å². The molecule has 2 heterocycles. The first-order valence-corrected chi connectivity index (χ1v) is 8.55. The average molecular weight is 413 g/mol. The van der Waals surface area contributed by atoms with E-state index in [1.165, 1.54) is 19.3 Å². The van der Waals surface area contributed by atoms with Gasteiger partial charge in [0.25, 0.3) is 0 Å². The molecule has 0 atom stereocenters. The van der Waals surface area contributed by atoms with Crippen LogP contribution < -0.4 is 5.73 Å². The molecule has 0 amide bonds. The Kier molecular flexibility index (Phi) is 4.49. The molecular weight excluding hydrogens is 398 g/mol. The van der Waals surface area contributed by atoms with E-state index in [1.807, 2.05) is 6.07 Å². The summed E-state index contributed by atoms with van der Waals surface area (Å²) in [5.74, 6) is 1.98. The van der Waals surface area contributed by atoms with Crippen molar-refractivity contribution in [1.29, 1.82) is 0 Å². The topological polar surface area (TPSA) is 77.6 Å². The van der Waals surface area contributed by atoms with Crippen LogP contribution in [0.25, 0.3) is 11.5 Å². The highest BCUT2D eigenvalue weighted by Crippen LogP contribution is 2.32. The summed E-state index contributed by atoms with van der Waals surface area (Å²) in [7, 11) is 0. The summed E-state index contributed by atoms with van der Waals surface area (Å²) >= 11 is 6.89. The van der Waals surface area contributed by atoms with Crippen molar-refractivity contribution in [2.75, 3.05) is 5.73 Å². The van der Waals surface area contributed by atoms with Gasteiger partial charge in [-0.3, -0.25) is 4.98 Å². The van der Waals surface area contributed by atoms with E-state index >= 15 is 0 Å². The first kappa shape index (κ1) is 14.8. The monoisotopic (exact) mass is 411 g/mol. The molecule has 2 N–H and O–H groups in total. The summed E-state index contributed by atoms with van der Waals surface area (Å²) < 4.78 is 1.73. The van der Waals surface area contributed by atoms with Crippen molar-refractivity contribution >= 4 is 37.8 Å². The highest BCUT2D eigenvalue weighted by Gasteiger charge is 2.21. The number of hydrogen-bond acceptors (Lipinski definition) is 5. The zero-order chi connectivity index (χ0) is 14.8. The fourth-order valence-corrected chi connectivity index (χ4v) is 3.80. The summed E-state index contributed by atoms with van der Waals surface area (Å²) in [6, 6.07) is 1.92. The Morgan fingerprint density at radius 2 is 1.81 bits per heavy atom. The lowest BCUT2D eigenvalue weighted by atomic mass is 9.89. The Balaban J connectivity index is 2.00. The van der Waals surface area contributed by atoms with E-state index in [9.17, 15) is 0 Å². The maximum Gasteiger partial charge on any atom is 0.223 e. The normalized spacial score (nSPS) is 16.1. The molecule has 2 aromatic heterocycles. The third kappa shape index (κ3) is 3.40. The highest BCUT2D eigenvalue weighted by atomic mass is 79.9. The van der Waals surface area contributed by atoms with Crippen molar-refractivity contribution in [1.82, 2.24) is 19.9 Å². The minimum absolute atomic E-state index is 0.261. The number of hydrogen-bond donors (Lipinski definition) is 1. The van der Waals surface area contributed by atoms with Gasteiger partial charge in [0.05, 0.1) is 0 Å². The molecule has 5 nitrogen and oxygen atoms in total. The maximum atomic E-state index is 5.87.